The van der Waals surface area contributed by atoms with Crippen molar-refractivity contribution in [1.29, 1.82) is 0 Å². The molecule has 1 aromatic heterocycles. The molecule has 0 amide bonds. The molecule has 0 aliphatic carbocycles. The zero-order valence-electron chi connectivity index (χ0n) is 16.5. The highest BCUT2D eigenvalue weighted by Crippen LogP contribution is 2.52. The number of hydrogen-bond acceptors (Lipinski definition) is 6. The molecule has 1 aliphatic heterocycles. The van der Waals surface area contributed by atoms with E-state index in [4.69, 9.17) is 9.27 Å². The Balaban J connectivity index is 1.95. The monoisotopic (exact) mass is 426 g/mol. The van der Waals surface area contributed by atoms with Crippen LogP contribution in [0.2, 0.25) is 0 Å². The van der Waals surface area contributed by atoms with E-state index in [1.165, 1.54) is 5.06 Å². The number of aromatic nitrogens is 1. The Morgan fingerprint density at radius 3 is 2.55 bits per heavy atom. The van der Waals surface area contributed by atoms with Gasteiger partial charge in [-0.2, -0.15) is 8.42 Å². The lowest BCUT2D eigenvalue weighted by Gasteiger charge is -2.32. The van der Waals surface area contributed by atoms with Gasteiger partial charge in [0, 0.05) is 21.0 Å². The van der Waals surface area contributed by atoms with Crippen LogP contribution in [0.15, 0.2) is 64.4 Å². The maximum absolute atomic E-state index is 12.6. The highest BCUT2D eigenvalue weighted by molar-refractivity contribution is 7.99. The Morgan fingerprint density at radius 1 is 1.00 bits per heavy atom. The average molecular weight is 427 g/mol. The molecular formula is C22H22N2O3S2. The summed E-state index contributed by atoms with van der Waals surface area (Å²) in [4.78, 5) is 6.60. The van der Waals surface area contributed by atoms with Gasteiger partial charge in [0.2, 0.25) is 0 Å². The zero-order valence-corrected chi connectivity index (χ0v) is 18.2. The first kappa shape index (κ1) is 19.9. The minimum Gasteiger partial charge on any atom is -0.253 e. The summed E-state index contributed by atoms with van der Waals surface area (Å²) in [5.41, 5.74) is 5.00. The smallest absolute Gasteiger partial charge is 0.253 e. The van der Waals surface area contributed by atoms with Crippen LogP contribution < -0.4 is 5.06 Å². The molecule has 0 saturated carbocycles. The lowest BCUT2D eigenvalue weighted by Crippen LogP contribution is -2.27. The molecule has 4 rings (SSSR count). The first-order valence-corrected chi connectivity index (χ1v) is 11.9. The van der Waals surface area contributed by atoms with Crippen molar-refractivity contribution in [2.75, 3.05) is 10.8 Å². The second-order valence-electron chi connectivity index (χ2n) is 6.97. The van der Waals surface area contributed by atoms with Gasteiger partial charge in [-0.3, -0.25) is 4.98 Å². The minimum atomic E-state index is -3.74. The second-order valence-corrected chi connectivity index (χ2v) is 9.73. The summed E-state index contributed by atoms with van der Waals surface area (Å²) in [6.45, 7) is 5.77. The fourth-order valence-electron chi connectivity index (χ4n) is 3.33. The third kappa shape index (κ3) is 3.90. The number of aryl methyl sites for hydroxylation is 2. The summed E-state index contributed by atoms with van der Waals surface area (Å²) >= 11 is 1.60. The van der Waals surface area contributed by atoms with Crippen molar-refractivity contribution in [3.8, 4) is 11.3 Å². The summed E-state index contributed by atoms with van der Waals surface area (Å²) in [5.74, 6) is -0.0436. The normalized spacial score (nSPS) is 13.1. The van der Waals surface area contributed by atoms with Crippen LogP contribution in [0.5, 0.6) is 0 Å². The van der Waals surface area contributed by atoms with Crippen molar-refractivity contribution in [2.24, 2.45) is 0 Å². The Bertz CT molecular complexity index is 1180. The average Bonchev–Trinajstić information content (AvgIpc) is 2.69. The third-order valence-corrected chi connectivity index (χ3v) is 7.04. The molecule has 5 nitrogen and oxygen atoms in total. The van der Waals surface area contributed by atoms with E-state index >= 15 is 0 Å². The van der Waals surface area contributed by atoms with E-state index in [-0.39, 0.29) is 5.75 Å². The molecule has 150 valence electrons. The van der Waals surface area contributed by atoms with E-state index in [1.54, 1.807) is 11.8 Å². The highest BCUT2D eigenvalue weighted by Gasteiger charge is 2.31. The molecule has 0 bridgehead atoms. The summed E-state index contributed by atoms with van der Waals surface area (Å²) < 4.78 is 30.9. The number of fused-ring (bicyclic) bond motifs is 2. The molecule has 3 aromatic rings. The largest absolute Gasteiger partial charge is 0.288 e. The van der Waals surface area contributed by atoms with E-state index in [1.807, 2.05) is 75.4 Å². The van der Waals surface area contributed by atoms with Gasteiger partial charge in [0.15, 0.2) is 0 Å². The van der Waals surface area contributed by atoms with Crippen LogP contribution in [-0.4, -0.2) is 19.2 Å². The van der Waals surface area contributed by atoms with Gasteiger partial charge in [-0.1, -0.05) is 49.0 Å². The fraction of sp³-hybridized carbons (Fsp3) is 0.227. The zero-order chi connectivity index (χ0) is 20.6. The van der Waals surface area contributed by atoms with Crippen molar-refractivity contribution in [1.82, 2.24) is 4.98 Å². The van der Waals surface area contributed by atoms with Gasteiger partial charge in [0.25, 0.3) is 10.1 Å². The third-order valence-electron chi connectivity index (χ3n) is 4.64. The number of pyridine rings is 1. The molecule has 0 N–H and O–H groups in total. The van der Waals surface area contributed by atoms with Crippen molar-refractivity contribution in [3.63, 3.8) is 0 Å². The molecular weight excluding hydrogens is 404 g/mol. The summed E-state index contributed by atoms with van der Waals surface area (Å²) in [6, 6.07) is 17.6. The molecule has 0 unspecified atom stereocenters. The van der Waals surface area contributed by atoms with Crippen molar-refractivity contribution < 1.29 is 12.7 Å². The van der Waals surface area contributed by atoms with Crippen molar-refractivity contribution in [2.45, 2.75) is 37.0 Å². The molecule has 2 heterocycles. The summed E-state index contributed by atoms with van der Waals surface area (Å²) in [5, 5.41) is 1.46. The molecule has 29 heavy (non-hydrogen) atoms. The first-order chi connectivity index (χ1) is 13.9. The summed E-state index contributed by atoms with van der Waals surface area (Å²) in [6.07, 6.45) is 0.486. The predicted octanol–water partition coefficient (Wildman–Crippen LogP) is 5.64. The minimum absolute atomic E-state index is 0.0436. The van der Waals surface area contributed by atoms with Crippen LogP contribution in [0.25, 0.3) is 11.3 Å². The maximum atomic E-state index is 12.6. The van der Waals surface area contributed by atoms with Crippen LogP contribution in [0, 0.1) is 13.8 Å². The van der Waals surface area contributed by atoms with E-state index in [0.29, 0.717) is 17.8 Å². The van der Waals surface area contributed by atoms with E-state index in [0.717, 1.165) is 32.3 Å². The Hall–Kier alpha value is -2.35. The van der Waals surface area contributed by atoms with Gasteiger partial charge in [0.1, 0.15) is 0 Å². The van der Waals surface area contributed by atoms with Crippen LogP contribution in [0.4, 0.5) is 11.4 Å². The number of para-hydroxylation sites is 2. The SMILES string of the molecule is CCCS(=O)(=O)ON1c2ccccc2Sc2cccc(-c3nc(C)ccc3C)c21. The van der Waals surface area contributed by atoms with Gasteiger partial charge in [-0.25, -0.2) is 5.06 Å². The second kappa shape index (κ2) is 7.82. The number of anilines is 2. The quantitative estimate of drug-likeness (QED) is 0.526. The number of benzene rings is 2. The standard InChI is InChI=1S/C22H22N2O3S2/c1-4-14-29(25,26)27-24-18-9-5-6-10-19(18)28-20-11-7-8-17(22(20)24)21-15(2)12-13-16(3)23-21/h5-13H,4,14H2,1-3H3. The fourth-order valence-corrected chi connectivity index (χ4v) is 5.36. The lowest BCUT2D eigenvalue weighted by molar-refractivity contribution is 0.319. The van der Waals surface area contributed by atoms with Gasteiger partial charge in [-0.05, 0) is 50.1 Å². The number of nitrogens with zero attached hydrogens (tertiary/aromatic N) is 2. The van der Waals surface area contributed by atoms with Crippen molar-refractivity contribution >= 4 is 33.3 Å². The van der Waals surface area contributed by atoms with E-state index < -0.39 is 10.1 Å². The van der Waals surface area contributed by atoms with Gasteiger partial charge < -0.3 is 0 Å². The van der Waals surface area contributed by atoms with Crippen molar-refractivity contribution in [3.05, 3.63) is 65.9 Å². The highest BCUT2D eigenvalue weighted by atomic mass is 32.2. The number of rotatable bonds is 5. The molecule has 0 fully saturated rings. The molecule has 7 heteroatoms. The molecule has 0 radical (unpaired) electrons. The van der Waals surface area contributed by atoms with Crippen LogP contribution >= 0.6 is 11.8 Å². The molecule has 0 spiro atoms. The van der Waals surface area contributed by atoms with Crippen LogP contribution in [0.1, 0.15) is 24.6 Å². The Labute approximate surface area is 175 Å². The Kier molecular flexibility index (Phi) is 5.38. The van der Waals surface area contributed by atoms with E-state index in [9.17, 15) is 8.42 Å². The molecule has 2 aromatic carbocycles. The van der Waals surface area contributed by atoms with Gasteiger partial charge in [-0.15, -0.1) is 4.28 Å². The van der Waals surface area contributed by atoms with E-state index in [2.05, 4.69) is 0 Å². The molecule has 0 atom stereocenters. The topological polar surface area (TPSA) is 59.5 Å². The number of hydrogen-bond donors (Lipinski definition) is 0. The lowest BCUT2D eigenvalue weighted by atomic mass is 10.0. The molecule has 1 aliphatic rings. The molecule has 0 saturated heterocycles. The van der Waals surface area contributed by atoms with Crippen LogP contribution in [-0.2, 0) is 14.4 Å². The van der Waals surface area contributed by atoms with Gasteiger partial charge >= 0.3 is 0 Å². The predicted molar refractivity (Wildman–Crippen MR) is 117 cm³/mol. The summed E-state index contributed by atoms with van der Waals surface area (Å²) in [7, 11) is -3.74. The van der Waals surface area contributed by atoms with Crippen LogP contribution in [0.3, 0.4) is 0 Å². The first-order valence-electron chi connectivity index (χ1n) is 9.46. The maximum Gasteiger partial charge on any atom is 0.288 e. The Morgan fingerprint density at radius 2 is 1.76 bits per heavy atom. The van der Waals surface area contributed by atoms with Gasteiger partial charge in [0.05, 0.1) is 22.8 Å².